The zero-order valence-electron chi connectivity index (χ0n) is 14.1. The van der Waals surface area contributed by atoms with Crippen LogP contribution in [0.25, 0.3) is 11.0 Å². The quantitative estimate of drug-likeness (QED) is 0.533. The number of ketones is 1. The van der Waals surface area contributed by atoms with Gasteiger partial charge in [-0.25, -0.2) is 9.18 Å². The molecular weight excluding hydrogens is 337 g/mol. The van der Waals surface area contributed by atoms with E-state index < -0.39 is 5.63 Å². The minimum absolute atomic E-state index is 0.0392. The highest BCUT2D eigenvalue weighted by Gasteiger charge is 2.22. The van der Waals surface area contributed by atoms with Crippen LogP contribution in [0.2, 0.25) is 0 Å². The lowest BCUT2D eigenvalue weighted by Crippen LogP contribution is -2.31. The van der Waals surface area contributed by atoms with Gasteiger partial charge < -0.3 is 9.15 Å². The van der Waals surface area contributed by atoms with E-state index in [1.165, 1.54) is 19.1 Å². The minimum Gasteiger partial charge on any atom is -0.478 e. The molecule has 0 spiro atoms. The van der Waals surface area contributed by atoms with Gasteiger partial charge in [-0.1, -0.05) is 12.1 Å². The molecule has 0 atom stereocenters. The van der Waals surface area contributed by atoms with Gasteiger partial charge in [0.05, 0.1) is 5.56 Å². The maximum Gasteiger partial charge on any atom is 0.347 e. The second-order valence-corrected chi connectivity index (χ2v) is 6.35. The van der Waals surface area contributed by atoms with Crippen LogP contribution in [0.1, 0.15) is 28.4 Å². The van der Waals surface area contributed by atoms with Gasteiger partial charge in [0.2, 0.25) is 0 Å². The monoisotopic (exact) mass is 353 g/mol. The lowest BCUT2D eigenvalue weighted by molar-refractivity contribution is 0.0889. The van der Waals surface area contributed by atoms with Gasteiger partial charge in [0.25, 0.3) is 0 Å². The number of hydrogen-bond acceptors (Lipinski definition) is 5. The van der Waals surface area contributed by atoms with Crippen LogP contribution in [0.4, 0.5) is 4.39 Å². The fourth-order valence-corrected chi connectivity index (χ4v) is 3.13. The molecule has 2 aromatic carbocycles. The van der Waals surface area contributed by atoms with Crippen LogP contribution in [0, 0.1) is 5.82 Å². The predicted molar refractivity (Wildman–Crippen MR) is 93.6 cm³/mol. The van der Waals surface area contributed by atoms with E-state index in [-0.39, 0.29) is 17.2 Å². The van der Waals surface area contributed by atoms with E-state index in [0.29, 0.717) is 36.5 Å². The molecule has 132 valence electrons. The Hall–Kier alpha value is -2.99. The highest BCUT2D eigenvalue weighted by molar-refractivity contribution is 5.97. The fraction of sp³-hybridized carbons (Fsp3) is 0.200. The Kier molecular flexibility index (Phi) is 4.05. The molecule has 1 aromatic heterocycles. The van der Waals surface area contributed by atoms with E-state index in [2.05, 4.69) is 0 Å². The van der Waals surface area contributed by atoms with Crippen molar-refractivity contribution in [3.63, 3.8) is 0 Å². The summed E-state index contributed by atoms with van der Waals surface area (Å²) in [5, 5.41) is 0.681. The van der Waals surface area contributed by atoms with Crippen LogP contribution in [0.3, 0.4) is 0 Å². The van der Waals surface area contributed by atoms with Gasteiger partial charge in [0, 0.05) is 18.5 Å². The first-order valence-electron chi connectivity index (χ1n) is 8.21. The van der Waals surface area contributed by atoms with Crippen molar-refractivity contribution in [2.45, 2.75) is 20.0 Å². The van der Waals surface area contributed by atoms with E-state index in [9.17, 15) is 14.0 Å². The summed E-state index contributed by atoms with van der Waals surface area (Å²) in [6, 6.07) is 11.5. The molecule has 26 heavy (non-hydrogen) atoms. The summed E-state index contributed by atoms with van der Waals surface area (Å²) in [7, 11) is 0. The zero-order valence-corrected chi connectivity index (χ0v) is 14.1. The van der Waals surface area contributed by atoms with E-state index >= 15 is 0 Å². The molecule has 3 aromatic rings. The van der Waals surface area contributed by atoms with Gasteiger partial charge in [0.15, 0.2) is 5.78 Å². The average Bonchev–Trinajstić information content (AvgIpc) is 2.63. The second-order valence-electron chi connectivity index (χ2n) is 6.35. The molecule has 0 saturated heterocycles. The SMILES string of the molecule is CC(=O)c1cc2ccc3c(c2oc1=O)CN(Cc1ccc(F)cc1)CO3. The van der Waals surface area contributed by atoms with Gasteiger partial charge >= 0.3 is 5.63 Å². The lowest BCUT2D eigenvalue weighted by Gasteiger charge is -2.29. The number of halogens is 1. The zero-order chi connectivity index (χ0) is 18.3. The Labute approximate surface area is 148 Å². The molecule has 0 aliphatic carbocycles. The van der Waals surface area contributed by atoms with E-state index in [0.717, 1.165) is 11.1 Å². The van der Waals surface area contributed by atoms with Gasteiger partial charge in [-0.2, -0.15) is 0 Å². The maximum atomic E-state index is 13.1. The number of benzene rings is 2. The average molecular weight is 353 g/mol. The highest BCUT2D eigenvalue weighted by Crippen LogP contribution is 2.32. The van der Waals surface area contributed by atoms with Crippen molar-refractivity contribution in [2.75, 3.05) is 6.73 Å². The van der Waals surface area contributed by atoms with E-state index in [1.807, 2.05) is 11.0 Å². The van der Waals surface area contributed by atoms with E-state index in [4.69, 9.17) is 9.15 Å². The Bertz CT molecular complexity index is 1060. The van der Waals surface area contributed by atoms with Crippen LogP contribution in [0.15, 0.2) is 51.7 Å². The number of carbonyl (C=O) groups is 1. The first-order valence-corrected chi connectivity index (χ1v) is 8.21. The molecule has 4 rings (SSSR count). The number of nitrogens with zero attached hydrogens (tertiary/aromatic N) is 1. The predicted octanol–water partition coefficient (Wildman–Crippen LogP) is 3.49. The highest BCUT2D eigenvalue weighted by atomic mass is 19.1. The summed E-state index contributed by atoms with van der Waals surface area (Å²) >= 11 is 0. The van der Waals surface area contributed by atoms with E-state index in [1.54, 1.807) is 24.3 Å². The van der Waals surface area contributed by atoms with Crippen molar-refractivity contribution in [1.82, 2.24) is 4.90 Å². The number of hydrogen-bond donors (Lipinski definition) is 0. The summed E-state index contributed by atoms with van der Waals surface area (Å²) in [6.07, 6.45) is 0. The fourth-order valence-electron chi connectivity index (χ4n) is 3.13. The summed E-state index contributed by atoms with van der Waals surface area (Å²) in [5.74, 6) is 0.0576. The molecule has 1 aliphatic heterocycles. The molecule has 0 fully saturated rings. The first kappa shape index (κ1) is 16.5. The van der Waals surface area contributed by atoms with Crippen molar-refractivity contribution >= 4 is 16.8 Å². The third kappa shape index (κ3) is 2.99. The Morgan fingerprint density at radius 2 is 1.96 bits per heavy atom. The van der Waals surface area contributed by atoms with Crippen LogP contribution in [-0.2, 0) is 13.1 Å². The smallest absolute Gasteiger partial charge is 0.347 e. The number of Topliss-reactive ketones (excluding diaryl/α,β-unsaturated/α-hetero) is 1. The van der Waals surface area contributed by atoms with Crippen LogP contribution in [-0.4, -0.2) is 17.4 Å². The minimum atomic E-state index is -0.644. The Morgan fingerprint density at radius 1 is 1.19 bits per heavy atom. The third-order valence-corrected chi connectivity index (χ3v) is 4.45. The van der Waals surface area contributed by atoms with Crippen LogP contribution in [0.5, 0.6) is 5.75 Å². The van der Waals surface area contributed by atoms with Crippen LogP contribution >= 0.6 is 0 Å². The molecular formula is C20H16FNO4. The molecule has 0 bridgehead atoms. The topological polar surface area (TPSA) is 59.8 Å². The number of rotatable bonds is 3. The van der Waals surface area contributed by atoms with Gasteiger partial charge in [-0.15, -0.1) is 0 Å². The first-order chi connectivity index (χ1) is 12.5. The van der Waals surface area contributed by atoms with Gasteiger partial charge in [-0.05, 0) is 42.8 Å². The lowest BCUT2D eigenvalue weighted by atomic mass is 10.1. The molecule has 0 unspecified atom stereocenters. The maximum absolute atomic E-state index is 13.1. The molecule has 1 aliphatic rings. The standard InChI is InChI=1S/C20H16FNO4/c1-12(23)16-8-14-4-7-18-17(19(14)26-20(16)24)10-22(11-25-18)9-13-2-5-15(21)6-3-13/h2-8H,9-11H2,1H3. The number of carbonyl (C=O) groups excluding carboxylic acids is 1. The van der Waals surface area contributed by atoms with Gasteiger partial charge in [0.1, 0.15) is 29.4 Å². The van der Waals surface area contributed by atoms with Crippen molar-refractivity contribution in [1.29, 1.82) is 0 Å². The van der Waals surface area contributed by atoms with Crippen molar-refractivity contribution in [3.8, 4) is 5.75 Å². The normalized spacial score (nSPS) is 14.1. The molecule has 0 amide bonds. The molecule has 0 saturated carbocycles. The second kappa shape index (κ2) is 6.38. The third-order valence-electron chi connectivity index (χ3n) is 4.45. The van der Waals surface area contributed by atoms with Crippen molar-refractivity contribution in [2.24, 2.45) is 0 Å². The summed E-state index contributed by atoms with van der Waals surface area (Å²) < 4.78 is 24.3. The van der Waals surface area contributed by atoms with Crippen LogP contribution < -0.4 is 10.4 Å². The summed E-state index contributed by atoms with van der Waals surface area (Å²) in [5.41, 5.74) is 1.55. The molecule has 0 radical (unpaired) electrons. The molecule has 5 nitrogen and oxygen atoms in total. The summed E-state index contributed by atoms with van der Waals surface area (Å²) in [6.45, 7) is 2.81. The van der Waals surface area contributed by atoms with Crippen molar-refractivity contribution in [3.05, 3.63) is 75.4 Å². The molecule has 2 heterocycles. The molecule has 0 N–H and O–H groups in total. The van der Waals surface area contributed by atoms with Crippen molar-refractivity contribution < 1.29 is 18.3 Å². The Morgan fingerprint density at radius 3 is 2.69 bits per heavy atom. The summed E-state index contributed by atoms with van der Waals surface area (Å²) in [4.78, 5) is 25.7. The largest absolute Gasteiger partial charge is 0.478 e. The number of ether oxygens (including phenoxy) is 1. The Balaban J connectivity index is 1.69. The molecule has 6 heteroatoms. The number of fused-ring (bicyclic) bond motifs is 3. The van der Waals surface area contributed by atoms with Gasteiger partial charge in [-0.3, -0.25) is 9.69 Å².